The normalized spacial score (nSPS) is 15.0. The van der Waals surface area contributed by atoms with Gasteiger partial charge in [0.25, 0.3) is 5.91 Å². The Morgan fingerprint density at radius 1 is 1.17 bits per heavy atom. The molecule has 1 aromatic carbocycles. The fourth-order valence-electron chi connectivity index (χ4n) is 3.24. The average Bonchev–Trinajstić information content (AvgIpc) is 3.25. The second kappa shape index (κ2) is 5.96. The van der Waals surface area contributed by atoms with E-state index in [0.717, 1.165) is 24.0 Å². The molecule has 6 heteroatoms. The maximum Gasteiger partial charge on any atom is 0.257 e. The SMILES string of the molecule is O=C(Nc1ccc(O)cc1)c1cnc2c(c1)ncn2C1CCCC1. The first-order valence-electron chi connectivity index (χ1n) is 8.14. The Morgan fingerprint density at radius 2 is 1.92 bits per heavy atom. The number of phenolic OH excluding ortho intramolecular Hbond substituents is 1. The third-order valence-electron chi connectivity index (χ3n) is 4.52. The summed E-state index contributed by atoms with van der Waals surface area (Å²) in [6.45, 7) is 0. The van der Waals surface area contributed by atoms with Crippen molar-refractivity contribution >= 4 is 22.8 Å². The molecule has 122 valence electrons. The number of nitrogens with zero attached hydrogens (tertiary/aromatic N) is 3. The summed E-state index contributed by atoms with van der Waals surface area (Å²) in [6.07, 6.45) is 8.24. The number of benzene rings is 1. The molecular formula is C18H18N4O2. The van der Waals surface area contributed by atoms with Crippen LogP contribution in [0.5, 0.6) is 5.75 Å². The molecule has 1 amide bonds. The van der Waals surface area contributed by atoms with E-state index in [9.17, 15) is 9.90 Å². The van der Waals surface area contributed by atoms with Crippen molar-refractivity contribution in [3.8, 4) is 5.75 Å². The molecule has 1 aliphatic rings. The van der Waals surface area contributed by atoms with Gasteiger partial charge < -0.3 is 15.0 Å². The molecule has 0 aliphatic heterocycles. The van der Waals surface area contributed by atoms with Crippen molar-refractivity contribution in [2.45, 2.75) is 31.7 Å². The van der Waals surface area contributed by atoms with Gasteiger partial charge in [-0.1, -0.05) is 12.8 Å². The third kappa shape index (κ3) is 2.71. The van der Waals surface area contributed by atoms with E-state index in [1.165, 1.54) is 25.0 Å². The number of anilines is 1. The Balaban J connectivity index is 1.58. The van der Waals surface area contributed by atoms with E-state index in [2.05, 4.69) is 19.9 Å². The zero-order valence-corrected chi connectivity index (χ0v) is 13.1. The molecule has 0 saturated heterocycles. The molecule has 2 heterocycles. The highest BCUT2D eigenvalue weighted by atomic mass is 16.3. The van der Waals surface area contributed by atoms with Crippen molar-refractivity contribution in [3.63, 3.8) is 0 Å². The summed E-state index contributed by atoms with van der Waals surface area (Å²) in [5, 5.41) is 12.1. The molecule has 0 bridgehead atoms. The van der Waals surface area contributed by atoms with Crippen molar-refractivity contribution in [1.29, 1.82) is 0 Å². The predicted molar refractivity (Wildman–Crippen MR) is 91.1 cm³/mol. The van der Waals surface area contributed by atoms with Gasteiger partial charge in [-0.25, -0.2) is 9.97 Å². The van der Waals surface area contributed by atoms with Gasteiger partial charge >= 0.3 is 0 Å². The predicted octanol–water partition coefficient (Wildman–Crippen LogP) is 3.50. The van der Waals surface area contributed by atoms with Gasteiger partial charge in [-0.2, -0.15) is 0 Å². The van der Waals surface area contributed by atoms with Gasteiger partial charge in [0.2, 0.25) is 0 Å². The summed E-state index contributed by atoms with van der Waals surface area (Å²) < 4.78 is 2.13. The van der Waals surface area contributed by atoms with Gasteiger partial charge in [0, 0.05) is 17.9 Å². The molecular weight excluding hydrogens is 304 g/mol. The molecule has 2 N–H and O–H groups in total. The number of rotatable bonds is 3. The minimum Gasteiger partial charge on any atom is -0.508 e. The first-order chi connectivity index (χ1) is 11.7. The molecule has 0 atom stereocenters. The van der Waals surface area contributed by atoms with Crippen LogP contribution in [0.4, 0.5) is 5.69 Å². The summed E-state index contributed by atoms with van der Waals surface area (Å²) in [7, 11) is 0. The molecule has 1 aliphatic carbocycles. The molecule has 0 unspecified atom stereocenters. The van der Waals surface area contributed by atoms with Crippen molar-refractivity contribution in [1.82, 2.24) is 14.5 Å². The minimum atomic E-state index is -0.245. The van der Waals surface area contributed by atoms with Crippen LogP contribution < -0.4 is 5.32 Å². The van der Waals surface area contributed by atoms with E-state index in [0.29, 0.717) is 17.3 Å². The lowest BCUT2D eigenvalue weighted by molar-refractivity contribution is 0.102. The fraction of sp³-hybridized carbons (Fsp3) is 0.278. The summed E-state index contributed by atoms with van der Waals surface area (Å²) in [4.78, 5) is 21.2. The second-order valence-electron chi connectivity index (χ2n) is 6.16. The van der Waals surface area contributed by atoms with E-state index in [4.69, 9.17) is 0 Å². The average molecular weight is 322 g/mol. The van der Waals surface area contributed by atoms with Crippen molar-refractivity contribution in [3.05, 3.63) is 48.4 Å². The van der Waals surface area contributed by atoms with Gasteiger partial charge in [0.05, 0.1) is 11.9 Å². The van der Waals surface area contributed by atoms with Crippen LogP contribution in [0.25, 0.3) is 11.2 Å². The second-order valence-corrected chi connectivity index (χ2v) is 6.16. The number of carbonyl (C=O) groups excluding carboxylic acids is 1. The number of fused-ring (bicyclic) bond motifs is 1. The van der Waals surface area contributed by atoms with Crippen LogP contribution in [-0.2, 0) is 0 Å². The van der Waals surface area contributed by atoms with Crippen molar-refractivity contribution in [2.75, 3.05) is 5.32 Å². The van der Waals surface area contributed by atoms with Crippen molar-refractivity contribution < 1.29 is 9.90 Å². The number of phenols is 1. The van der Waals surface area contributed by atoms with Crippen LogP contribution >= 0.6 is 0 Å². The Labute approximate surface area is 139 Å². The summed E-state index contributed by atoms with van der Waals surface area (Å²) in [6, 6.07) is 8.59. The van der Waals surface area contributed by atoms with E-state index >= 15 is 0 Å². The van der Waals surface area contributed by atoms with E-state index < -0.39 is 0 Å². The van der Waals surface area contributed by atoms with E-state index in [1.54, 1.807) is 24.4 Å². The minimum absolute atomic E-state index is 0.161. The number of aromatic hydroxyl groups is 1. The van der Waals surface area contributed by atoms with Crippen LogP contribution in [-0.4, -0.2) is 25.5 Å². The molecule has 1 fully saturated rings. The largest absolute Gasteiger partial charge is 0.508 e. The zero-order valence-electron chi connectivity index (χ0n) is 13.1. The smallest absolute Gasteiger partial charge is 0.257 e. The lowest BCUT2D eigenvalue weighted by atomic mass is 10.2. The first kappa shape index (κ1) is 14.7. The van der Waals surface area contributed by atoms with Gasteiger partial charge in [-0.15, -0.1) is 0 Å². The number of carbonyl (C=O) groups is 1. The number of pyridine rings is 1. The summed E-state index contributed by atoms with van der Waals surface area (Å²) >= 11 is 0. The molecule has 6 nitrogen and oxygen atoms in total. The Kier molecular flexibility index (Phi) is 3.65. The van der Waals surface area contributed by atoms with Crippen LogP contribution in [0, 0.1) is 0 Å². The van der Waals surface area contributed by atoms with Crippen LogP contribution in [0.2, 0.25) is 0 Å². The molecule has 24 heavy (non-hydrogen) atoms. The number of nitrogens with one attached hydrogen (secondary N) is 1. The molecule has 2 aromatic heterocycles. The molecule has 1 saturated carbocycles. The highest BCUT2D eigenvalue weighted by molar-refractivity contribution is 6.05. The summed E-state index contributed by atoms with van der Waals surface area (Å²) in [5.74, 6) is -0.0842. The Hall–Kier alpha value is -2.89. The number of imidazole rings is 1. The fourth-order valence-corrected chi connectivity index (χ4v) is 3.24. The molecule has 0 radical (unpaired) electrons. The van der Waals surface area contributed by atoms with Gasteiger partial charge in [-0.05, 0) is 43.2 Å². The van der Waals surface area contributed by atoms with Crippen molar-refractivity contribution in [2.24, 2.45) is 0 Å². The van der Waals surface area contributed by atoms with Crippen LogP contribution in [0.3, 0.4) is 0 Å². The maximum absolute atomic E-state index is 12.4. The lowest BCUT2D eigenvalue weighted by Gasteiger charge is -2.11. The first-order valence-corrected chi connectivity index (χ1v) is 8.14. The third-order valence-corrected chi connectivity index (χ3v) is 4.52. The van der Waals surface area contributed by atoms with Gasteiger partial charge in [-0.3, -0.25) is 4.79 Å². The Morgan fingerprint density at radius 3 is 2.67 bits per heavy atom. The highest BCUT2D eigenvalue weighted by Crippen LogP contribution is 2.31. The summed E-state index contributed by atoms with van der Waals surface area (Å²) in [5.41, 5.74) is 2.66. The number of hydrogen-bond acceptors (Lipinski definition) is 4. The standard InChI is InChI=1S/C18H18N4O2/c23-15-7-5-13(6-8-15)21-18(24)12-9-16-17(19-10-12)22(11-20-16)14-3-1-2-4-14/h5-11,14,23H,1-4H2,(H,21,24). The number of aromatic nitrogens is 3. The van der Waals surface area contributed by atoms with Gasteiger partial charge in [0.1, 0.15) is 11.3 Å². The van der Waals surface area contributed by atoms with E-state index in [-0.39, 0.29) is 11.7 Å². The molecule has 0 spiro atoms. The number of amides is 1. The van der Waals surface area contributed by atoms with E-state index in [1.807, 2.05) is 6.33 Å². The monoisotopic (exact) mass is 322 g/mol. The number of hydrogen-bond donors (Lipinski definition) is 2. The maximum atomic E-state index is 12.4. The quantitative estimate of drug-likeness (QED) is 0.723. The zero-order chi connectivity index (χ0) is 16.5. The van der Waals surface area contributed by atoms with Gasteiger partial charge in [0.15, 0.2) is 5.65 Å². The Bertz CT molecular complexity index is 880. The molecule has 3 aromatic rings. The topological polar surface area (TPSA) is 80.0 Å². The lowest BCUT2D eigenvalue weighted by Crippen LogP contribution is -2.12. The highest BCUT2D eigenvalue weighted by Gasteiger charge is 2.20. The van der Waals surface area contributed by atoms with Crippen LogP contribution in [0.15, 0.2) is 42.9 Å². The van der Waals surface area contributed by atoms with Crippen LogP contribution in [0.1, 0.15) is 42.1 Å². The molecule has 4 rings (SSSR count).